The topological polar surface area (TPSA) is 49.0 Å². The van der Waals surface area contributed by atoms with Gasteiger partial charge in [0.2, 0.25) is 5.75 Å². The van der Waals surface area contributed by atoms with Gasteiger partial charge in [-0.1, -0.05) is 6.07 Å². The molecule has 5 nitrogen and oxygen atoms in total. The van der Waals surface area contributed by atoms with Crippen molar-refractivity contribution < 1.29 is 18.9 Å². The molecule has 114 valence electrons. The van der Waals surface area contributed by atoms with Crippen molar-refractivity contribution in [2.45, 2.75) is 25.9 Å². The maximum absolute atomic E-state index is 5.45. The van der Waals surface area contributed by atoms with E-state index >= 15 is 0 Å². The highest BCUT2D eigenvalue weighted by Gasteiger charge is 2.15. The third-order valence-electron chi connectivity index (χ3n) is 3.18. The van der Waals surface area contributed by atoms with Crippen molar-refractivity contribution in [2.75, 3.05) is 35.0 Å². The number of ether oxygens (including phenoxy) is 4. The zero-order valence-electron chi connectivity index (χ0n) is 13.0. The Labute approximate surface area is 121 Å². The van der Waals surface area contributed by atoms with E-state index in [-0.39, 0.29) is 0 Å². The molecule has 0 fully saturated rings. The third-order valence-corrected chi connectivity index (χ3v) is 3.18. The van der Waals surface area contributed by atoms with Gasteiger partial charge >= 0.3 is 0 Å². The van der Waals surface area contributed by atoms with E-state index in [2.05, 4.69) is 12.2 Å². The van der Waals surface area contributed by atoms with Crippen molar-refractivity contribution in [3.8, 4) is 17.2 Å². The van der Waals surface area contributed by atoms with Crippen molar-refractivity contribution >= 4 is 0 Å². The minimum Gasteiger partial charge on any atom is -0.493 e. The van der Waals surface area contributed by atoms with Crippen LogP contribution in [0, 0.1) is 0 Å². The van der Waals surface area contributed by atoms with Gasteiger partial charge in [-0.25, -0.2) is 0 Å². The van der Waals surface area contributed by atoms with Gasteiger partial charge in [0.1, 0.15) is 0 Å². The smallest absolute Gasteiger partial charge is 0.203 e. The summed E-state index contributed by atoms with van der Waals surface area (Å²) < 4.78 is 21.2. The molecule has 1 N–H and O–H groups in total. The van der Waals surface area contributed by atoms with Gasteiger partial charge < -0.3 is 24.3 Å². The Kier molecular flexibility index (Phi) is 7.18. The summed E-state index contributed by atoms with van der Waals surface area (Å²) in [5, 5.41) is 3.44. The second-order valence-electron chi connectivity index (χ2n) is 4.56. The second kappa shape index (κ2) is 8.66. The number of hydrogen-bond acceptors (Lipinski definition) is 5. The van der Waals surface area contributed by atoms with E-state index in [1.54, 1.807) is 28.4 Å². The Hall–Kier alpha value is -1.46. The maximum atomic E-state index is 5.45. The van der Waals surface area contributed by atoms with Gasteiger partial charge in [-0.2, -0.15) is 0 Å². The molecule has 0 heterocycles. The largest absolute Gasteiger partial charge is 0.493 e. The van der Waals surface area contributed by atoms with E-state index in [1.807, 2.05) is 12.1 Å². The van der Waals surface area contributed by atoms with E-state index in [4.69, 9.17) is 18.9 Å². The molecule has 1 aromatic rings. The van der Waals surface area contributed by atoms with Gasteiger partial charge in [0.05, 0.1) is 21.3 Å². The molecule has 1 atom stereocenters. The quantitative estimate of drug-likeness (QED) is 0.753. The maximum Gasteiger partial charge on any atom is 0.203 e. The number of benzene rings is 1. The molecule has 0 aliphatic heterocycles. The van der Waals surface area contributed by atoms with Crippen LogP contribution in [0.4, 0.5) is 0 Å². The molecule has 20 heavy (non-hydrogen) atoms. The molecule has 1 unspecified atom stereocenters. The summed E-state index contributed by atoms with van der Waals surface area (Å²) >= 11 is 0. The molecule has 0 amide bonds. The van der Waals surface area contributed by atoms with Crippen LogP contribution in [-0.4, -0.2) is 41.1 Å². The van der Waals surface area contributed by atoms with Crippen molar-refractivity contribution in [1.82, 2.24) is 5.32 Å². The number of methoxy groups -OCH3 is 4. The predicted molar refractivity (Wildman–Crippen MR) is 78.9 cm³/mol. The molecule has 0 radical (unpaired) electrons. The lowest BCUT2D eigenvalue weighted by molar-refractivity contribution is 0.184. The lowest BCUT2D eigenvalue weighted by atomic mass is 10.1. The van der Waals surface area contributed by atoms with Gasteiger partial charge in [0.15, 0.2) is 11.5 Å². The summed E-state index contributed by atoms with van der Waals surface area (Å²) in [5.74, 6) is 2.00. The van der Waals surface area contributed by atoms with Crippen LogP contribution in [0.3, 0.4) is 0 Å². The number of nitrogens with one attached hydrogen (secondary N) is 1. The van der Waals surface area contributed by atoms with E-state index in [1.165, 1.54) is 0 Å². The highest BCUT2D eigenvalue weighted by Crippen LogP contribution is 2.39. The lowest BCUT2D eigenvalue weighted by Crippen LogP contribution is -2.26. The van der Waals surface area contributed by atoms with Gasteiger partial charge in [-0.3, -0.25) is 0 Å². The first-order valence-corrected chi connectivity index (χ1v) is 6.68. The minimum absolute atomic E-state index is 0.368. The van der Waals surface area contributed by atoms with Crippen LogP contribution in [-0.2, 0) is 11.3 Å². The van der Waals surface area contributed by atoms with E-state index in [9.17, 15) is 0 Å². The SMILES string of the molecule is COCCC(C)NCc1ccc(OC)c(OC)c1OC. The van der Waals surface area contributed by atoms with Gasteiger partial charge in [-0.15, -0.1) is 0 Å². The normalized spacial score (nSPS) is 12.1. The highest BCUT2D eigenvalue weighted by molar-refractivity contribution is 5.55. The molecular formula is C15H25NO4. The van der Waals surface area contributed by atoms with Crippen LogP contribution in [0.2, 0.25) is 0 Å². The van der Waals surface area contributed by atoms with Gasteiger partial charge in [0, 0.05) is 31.9 Å². The predicted octanol–water partition coefficient (Wildman–Crippen LogP) is 2.23. The van der Waals surface area contributed by atoms with Crippen molar-refractivity contribution in [3.63, 3.8) is 0 Å². The van der Waals surface area contributed by atoms with Crippen LogP contribution in [0.25, 0.3) is 0 Å². The summed E-state index contributed by atoms with van der Waals surface area (Å²) in [5.41, 5.74) is 1.04. The lowest BCUT2D eigenvalue weighted by Gasteiger charge is -2.18. The molecule has 0 aliphatic carbocycles. The zero-order chi connectivity index (χ0) is 15.0. The monoisotopic (exact) mass is 283 g/mol. The number of rotatable bonds is 9. The second-order valence-corrected chi connectivity index (χ2v) is 4.56. The molecule has 0 saturated heterocycles. The van der Waals surface area contributed by atoms with Crippen LogP contribution in [0.15, 0.2) is 12.1 Å². The summed E-state index contributed by atoms with van der Waals surface area (Å²) in [6.07, 6.45) is 0.964. The Balaban J connectivity index is 2.79. The Morgan fingerprint density at radius 1 is 1.00 bits per heavy atom. The average molecular weight is 283 g/mol. The van der Waals surface area contributed by atoms with Crippen LogP contribution >= 0.6 is 0 Å². The van der Waals surface area contributed by atoms with Crippen molar-refractivity contribution in [2.24, 2.45) is 0 Å². The van der Waals surface area contributed by atoms with Crippen LogP contribution < -0.4 is 19.5 Å². The standard InChI is InChI=1S/C15H25NO4/c1-11(8-9-17-2)16-10-12-6-7-13(18-3)15(20-5)14(12)19-4/h6-7,11,16H,8-10H2,1-5H3. The molecule has 5 heteroatoms. The Morgan fingerprint density at radius 3 is 2.25 bits per heavy atom. The molecular weight excluding hydrogens is 258 g/mol. The van der Waals surface area contributed by atoms with Gasteiger partial charge in [-0.05, 0) is 19.4 Å². The summed E-state index contributed by atoms with van der Waals surface area (Å²) in [7, 11) is 6.57. The summed E-state index contributed by atoms with van der Waals surface area (Å²) in [4.78, 5) is 0. The molecule has 0 spiro atoms. The highest BCUT2D eigenvalue weighted by atomic mass is 16.5. The Morgan fingerprint density at radius 2 is 1.70 bits per heavy atom. The van der Waals surface area contributed by atoms with Crippen LogP contribution in [0.5, 0.6) is 17.2 Å². The first-order valence-electron chi connectivity index (χ1n) is 6.68. The van der Waals surface area contributed by atoms with Crippen molar-refractivity contribution in [3.05, 3.63) is 17.7 Å². The van der Waals surface area contributed by atoms with Crippen molar-refractivity contribution in [1.29, 1.82) is 0 Å². The summed E-state index contributed by atoms with van der Waals surface area (Å²) in [6, 6.07) is 4.24. The molecule has 0 bridgehead atoms. The number of hydrogen-bond donors (Lipinski definition) is 1. The molecule has 1 rings (SSSR count). The zero-order valence-corrected chi connectivity index (χ0v) is 13.0. The minimum atomic E-state index is 0.368. The fourth-order valence-corrected chi connectivity index (χ4v) is 1.98. The van der Waals surface area contributed by atoms with E-state index < -0.39 is 0 Å². The fourth-order valence-electron chi connectivity index (χ4n) is 1.98. The van der Waals surface area contributed by atoms with E-state index in [0.29, 0.717) is 29.8 Å². The first kappa shape index (κ1) is 16.6. The first-order chi connectivity index (χ1) is 9.67. The molecule has 1 aromatic carbocycles. The van der Waals surface area contributed by atoms with Gasteiger partial charge in [0.25, 0.3) is 0 Å². The molecule has 0 aromatic heterocycles. The average Bonchev–Trinajstić information content (AvgIpc) is 2.49. The summed E-state index contributed by atoms with van der Waals surface area (Å²) in [6.45, 7) is 3.58. The fraction of sp³-hybridized carbons (Fsp3) is 0.600. The Bertz CT molecular complexity index is 409. The third kappa shape index (κ3) is 4.28. The van der Waals surface area contributed by atoms with E-state index in [0.717, 1.165) is 18.6 Å². The van der Waals surface area contributed by atoms with Crippen LogP contribution in [0.1, 0.15) is 18.9 Å². The molecule has 0 aliphatic rings. The molecule has 0 saturated carbocycles.